The highest BCUT2D eigenvalue weighted by Crippen LogP contribution is 2.53. The monoisotopic (exact) mass is 680 g/mol. The van der Waals surface area contributed by atoms with Gasteiger partial charge in [0.1, 0.15) is 11.2 Å². The van der Waals surface area contributed by atoms with Gasteiger partial charge < -0.3 is 8.98 Å². The van der Waals surface area contributed by atoms with E-state index in [1.807, 2.05) is 60.7 Å². The van der Waals surface area contributed by atoms with E-state index in [1.54, 1.807) is 0 Å². The van der Waals surface area contributed by atoms with Crippen LogP contribution in [0.3, 0.4) is 0 Å². The van der Waals surface area contributed by atoms with Crippen LogP contribution in [0.5, 0.6) is 0 Å². The summed E-state index contributed by atoms with van der Waals surface area (Å²) in [7, 11) is 0. The zero-order valence-electron chi connectivity index (χ0n) is 29.2. The number of hydrogen-bond donors (Lipinski definition) is 0. The Kier molecular flexibility index (Phi) is 6.23. The minimum atomic E-state index is -0.157. The van der Waals surface area contributed by atoms with Crippen molar-refractivity contribution in [2.45, 2.75) is 19.3 Å². The second kappa shape index (κ2) is 11.1. The summed E-state index contributed by atoms with van der Waals surface area (Å²) in [6.45, 7) is 4.72. The second-order valence-corrected chi connectivity index (χ2v) is 14.4. The fraction of sp³-hybridized carbons (Fsp3) is 0.0625. The standard InChI is InChI=1S/C48H32N4O/c1-48(2)39-20-9-6-15-32(39)35-27-28-36-33-16-7-10-21-40(33)52(43(36)42(35)48)31-25-23-30(24-26-31)46-49-45(29-13-4-3-5-14-29)50-47(51-46)38-19-12-18-37-34-17-8-11-22-41(34)53-44(37)38/h3-28H,1-2H3. The quantitative estimate of drug-likeness (QED) is 0.186. The Morgan fingerprint density at radius 1 is 0.472 bits per heavy atom. The van der Waals surface area contributed by atoms with Crippen LogP contribution in [0.1, 0.15) is 25.0 Å². The zero-order chi connectivity index (χ0) is 35.3. The molecule has 11 rings (SSSR count). The van der Waals surface area contributed by atoms with Gasteiger partial charge in [0.15, 0.2) is 17.5 Å². The molecule has 53 heavy (non-hydrogen) atoms. The highest BCUT2D eigenvalue weighted by atomic mass is 16.3. The molecular formula is C48H32N4O. The van der Waals surface area contributed by atoms with E-state index in [0.29, 0.717) is 17.5 Å². The molecule has 0 unspecified atom stereocenters. The molecule has 250 valence electrons. The Morgan fingerprint density at radius 2 is 1.11 bits per heavy atom. The summed E-state index contributed by atoms with van der Waals surface area (Å²) < 4.78 is 8.86. The van der Waals surface area contributed by atoms with Crippen molar-refractivity contribution in [1.82, 2.24) is 19.5 Å². The molecule has 3 aromatic heterocycles. The van der Waals surface area contributed by atoms with E-state index in [-0.39, 0.29) is 5.41 Å². The summed E-state index contributed by atoms with van der Waals surface area (Å²) in [6, 6.07) is 55.3. The maximum Gasteiger partial charge on any atom is 0.167 e. The summed E-state index contributed by atoms with van der Waals surface area (Å²) in [4.78, 5) is 15.2. The molecule has 3 heterocycles. The van der Waals surface area contributed by atoms with Crippen LogP contribution in [0.4, 0.5) is 0 Å². The summed E-state index contributed by atoms with van der Waals surface area (Å²) in [6.07, 6.45) is 0. The largest absolute Gasteiger partial charge is 0.455 e. The number of furan rings is 1. The number of rotatable bonds is 4. The molecule has 0 spiro atoms. The molecule has 0 N–H and O–H groups in total. The van der Waals surface area contributed by atoms with Gasteiger partial charge >= 0.3 is 0 Å². The van der Waals surface area contributed by atoms with Crippen LogP contribution in [-0.4, -0.2) is 19.5 Å². The Labute approximate surface area is 305 Å². The normalized spacial score (nSPS) is 13.2. The van der Waals surface area contributed by atoms with Crippen molar-refractivity contribution in [2.24, 2.45) is 0 Å². The molecule has 0 saturated carbocycles. The maximum atomic E-state index is 6.42. The van der Waals surface area contributed by atoms with E-state index in [9.17, 15) is 0 Å². The van der Waals surface area contributed by atoms with Crippen molar-refractivity contribution in [1.29, 1.82) is 0 Å². The highest BCUT2D eigenvalue weighted by Gasteiger charge is 2.38. The smallest absolute Gasteiger partial charge is 0.167 e. The molecule has 0 bridgehead atoms. The van der Waals surface area contributed by atoms with Gasteiger partial charge in [-0.1, -0.05) is 129 Å². The molecule has 1 aliphatic rings. The third-order valence-corrected chi connectivity index (χ3v) is 11.0. The molecule has 10 aromatic rings. The van der Waals surface area contributed by atoms with Gasteiger partial charge in [-0.3, -0.25) is 0 Å². The van der Waals surface area contributed by atoms with E-state index < -0.39 is 0 Å². The lowest BCUT2D eigenvalue weighted by Crippen LogP contribution is -2.16. The molecule has 5 heteroatoms. The predicted octanol–water partition coefficient (Wildman–Crippen LogP) is 12.2. The molecular weight excluding hydrogens is 649 g/mol. The topological polar surface area (TPSA) is 56.7 Å². The van der Waals surface area contributed by atoms with Crippen LogP contribution in [0, 0.1) is 0 Å². The molecule has 0 atom stereocenters. The zero-order valence-corrected chi connectivity index (χ0v) is 29.2. The Morgan fingerprint density at radius 3 is 1.94 bits per heavy atom. The van der Waals surface area contributed by atoms with Crippen LogP contribution < -0.4 is 0 Å². The lowest BCUT2D eigenvalue weighted by atomic mass is 9.81. The Hall–Kier alpha value is -6.85. The summed E-state index contributed by atoms with van der Waals surface area (Å²) in [5.74, 6) is 1.79. The van der Waals surface area contributed by atoms with Gasteiger partial charge in [0.25, 0.3) is 0 Å². The molecule has 0 radical (unpaired) electrons. The van der Waals surface area contributed by atoms with E-state index in [4.69, 9.17) is 19.4 Å². The number of nitrogens with zero attached hydrogens (tertiary/aromatic N) is 4. The van der Waals surface area contributed by atoms with Crippen LogP contribution in [0.15, 0.2) is 162 Å². The van der Waals surface area contributed by atoms with E-state index in [2.05, 4.69) is 115 Å². The first-order chi connectivity index (χ1) is 26.0. The van der Waals surface area contributed by atoms with Crippen molar-refractivity contribution < 1.29 is 4.42 Å². The average molecular weight is 681 g/mol. The number of fused-ring (bicyclic) bond motifs is 10. The highest BCUT2D eigenvalue weighted by molar-refractivity contribution is 6.13. The van der Waals surface area contributed by atoms with Crippen LogP contribution >= 0.6 is 0 Å². The van der Waals surface area contributed by atoms with Crippen molar-refractivity contribution in [3.63, 3.8) is 0 Å². The van der Waals surface area contributed by atoms with E-state index in [0.717, 1.165) is 44.3 Å². The van der Waals surface area contributed by atoms with Crippen molar-refractivity contribution in [3.05, 3.63) is 169 Å². The lowest BCUT2D eigenvalue weighted by molar-refractivity contribution is 0.664. The second-order valence-electron chi connectivity index (χ2n) is 14.4. The first-order valence-corrected chi connectivity index (χ1v) is 18.0. The van der Waals surface area contributed by atoms with Crippen molar-refractivity contribution in [2.75, 3.05) is 0 Å². The molecule has 0 aliphatic heterocycles. The Balaban J connectivity index is 1.10. The van der Waals surface area contributed by atoms with Crippen LogP contribution in [0.25, 0.3) is 94.7 Å². The fourth-order valence-corrected chi connectivity index (χ4v) is 8.61. The van der Waals surface area contributed by atoms with Gasteiger partial charge in [0, 0.05) is 43.8 Å². The van der Waals surface area contributed by atoms with Gasteiger partial charge in [0.2, 0.25) is 0 Å². The third kappa shape index (κ3) is 4.34. The van der Waals surface area contributed by atoms with Gasteiger partial charge in [-0.25, -0.2) is 15.0 Å². The first-order valence-electron chi connectivity index (χ1n) is 18.0. The summed E-state index contributed by atoms with van der Waals surface area (Å²) in [5.41, 5.74) is 13.0. The van der Waals surface area contributed by atoms with E-state index >= 15 is 0 Å². The summed E-state index contributed by atoms with van der Waals surface area (Å²) >= 11 is 0. The molecule has 1 aliphatic carbocycles. The minimum absolute atomic E-state index is 0.157. The van der Waals surface area contributed by atoms with E-state index in [1.165, 1.54) is 44.1 Å². The molecule has 5 nitrogen and oxygen atoms in total. The fourth-order valence-electron chi connectivity index (χ4n) is 8.61. The maximum absolute atomic E-state index is 6.42. The van der Waals surface area contributed by atoms with Gasteiger partial charge in [-0.2, -0.15) is 0 Å². The third-order valence-electron chi connectivity index (χ3n) is 11.0. The van der Waals surface area contributed by atoms with Crippen LogP contribution in [-0.2, 0) is 5.41 Å². The van der Waals surface area contributed by atoms with Gasteiger partial charge in [-0.05, 0) is 64.7 Å². The number of aromatic nitrogens is 4. The molecule has 7 aromatic carbocycles. The molecule has 0 saturated heterocycles. The predicted molar refractivity (Wildman–Crippen MR) is 215 cm³/mol. The molecule has 0 fully saturated rings. The van der Waals surface area contributed by atoms with Gasteiger partial charge in [-0.15, -0.1) is 0 Å². The van der Waals surface area contributed by atoms with Crippen LogP contribution in [0.2, 0.25) is 0 Å². The van der Waals surface area contributed by atoms with Crippen molar-refractivity contribution >= 4 is 43.7 Å². The Bertz CT molecular complexity index is 3080. The average Bonchev–Trinajstić information content (AvgIpc) is 3.84. The molecule has 0 amide bonds. The number of benzene rings is 7. The van der Waals surface area contributed by atoms with Crippen molar-refractivity contribution in [3.8, 4) is 51.0 Å². The summed E-state index contributed by atoms with van der Waals surface area (Å²) in [5, 5.41) is 4.62. The number of para-hydroxylation sites is 3. The SMILES string of the molecule is CC1(C)c2ccccc2-c2ccc3c4ccccc4n(-c4ccc(-c5nc(-c6ccccc6)nc(-c6cccc7c6oc6ccccc67)n5)cc4)c3c21. The lowest BCUT2D eigenvalue weighted by Gasteiger charge is -2.23. The first kappa shape index (κ1) is 29.8. The number of hydrogen-bond acceptors (Lipinski definition) is 4. The van der Waals surface area contributed by atoms with Gasteiger partial charge in [0.05, 0.1) is 16.6 Å². The minimum Gasteiger partial charge on any atom is -0.455 e.